The van der Waals surface area contributed by atoms with Crippen molar-refractivity contribution in [3.8, 4) is 0 Å². The second-order valence-corrected chi connectivity index (χ2v) is 4.82. The lowest BCUT2D eigenvalue weighted by molar-refractivity contribution is 0.786. The normalized spacial score (nSPS) is 10.4. The second-order valence-electron chi connectivity index (χ2n) is 3.09. The van der Waals surface area contributed by atoms with Crippen molar-refractivity contribution in [2.45, 2.75) is 6.54 Å². The van der Waals surface area contributed by atoms with Gasteiger partial charge >= 0.3 is 0 Å². The molecule has 1 nitrogen and oxygen atoms in total. The molecular weight excluding hydrogens is 306 g/mol. The van der Waals surface area contributed by atoms with E-state index in [0.717, 1.165) is 15.6 Å². The molecule has 0 bridgehead atoms. The highest BCUT2D eigenvalue weighted by Gasteiger charge is 2.01. The standard InChI is InChI=1S/C11H9Br2N/c12-10-6-11(13)14(8-10)7-9-4-2-1-3-5-9/h1-6,8H,7H2. The second kappa shape index (κ2) is 4.32. The van der Waals surface area contributed by atoms with Crippen molar-refractivity contribution in [1.29, 1.82) is 0 Å². The van der Waals surface area contributed by atoms with Crippen LogP contribution < -0.4 is 0 Å². The summed E-state index contributed by atoms with van der Waals surface area (Å²) >= 11 is 6.95. The van der Waals surface area contributed by atoms with E-state index in [4.69, 9.17) is 0 Å². The number of nitrogens with zero attached hydrogens (tertiary/aromatic N) is 1. The fourth-order valence-electron chi connectivity index (χ4n) is 1.35. The molecule has 3 heteroatoms. The molecule has 0 saturated heterocycles. The summed E-state index contributed by atoms with van der Waals surface area (Å²) in [7, 11) is 0. The lowest BCUT2D eigenvalue weighted by Crippen LogP contribution is -1.97. The van der Waals surface area contributed by atoms with E-state index in [1.165, 1.54) is 5.56 Å². The van der Waals surface area contributed by atoms with Gasteiger partial charge in [0.1, 0.15) is 0 Å². The highest BCUT2D eigenvalue weighted by Crippen LogP contribution is 2.20. The van der Waals surface area contributed by atoms with E-state index in [1.54, 1.807) is 0 Å². The third-order valence-electron chi connectivity index (χ3n) is 2.01. The van der Waals surface area contributed by atoms with Gasteiger partial charge in [-0.2, -0.15) is 0 Å². The quantitative estimate of drug-likeness (QED) is 0.787. The van der Waals surface area contributed by atoms with Crippen molar-refractivity contribution in [2.75, 3.05) is 0 Å². The van der Waals surface area contributed by atoms with Crippen LogP contribution in [-0.4, -0.2) is 4.57 Å². The maximum absolute atomic E-state index is 3.51. The first-order chi connectivity index (χ1) is 6.75. The Hall–Kier alpha value is -0.540. The van der Waals surface area contributed by atoms with E-state index in [-0.39, 0.29) is 0 Å². The molecule has 0 aliphatic rings. The molecule has 1 aromatic carbocycles. The predicted molar refractivity (Wildman–Crippen MR) is 65.4 cm³/mol. The van der Waals surface area contributed by atoms with Crippen LogP contribution in [0.2, 0.25) is 0 Å². The van der Waals surface area contributed by atoms with Crippen LogP contribution in [0, 0.1) is 0 Å². The van der Waals surface area contributed by atoms with E-state index in [1.807, 2.05) is 12.1 Å². The minimum absolute atomic E-state index is 0.896. The highest BCUT2D eigenvalue weighted by molar-refractivity contribution is 9.11. The number of aromatic nitrogens is 1. The Balaban J connectivity index is 2.23. The van der Waals surface area contributed by atoms with Crippen molar-refractivity contribution in [3.05, 3.63) is 57.2 Å². The van der Waals surface area contributed by atoms with Crippen LogP contribution in [0.5, 0.6) is 0 Å². The molecule has 0 fully saturated rings. The van der Waals surface area contributed by atoms with E-state index >= 15 is 0 Å². The van der Waals surface area contributed by atoms with Crippen molar-refractivity contribution >= 4 is 31.9 Å². The molecule has 0 atom stereocenters. The van der Waals surface area contributed by atoms with Crippen molar-refractivity contribution in [1.82, 2.24) is 4.57 Å². The first-order valence-electron chi connectivity index (χ1n) is 4.31. The van der Waals surface area contributed by atoms with Gasteiger partial charge in [0.2, 0.25) is 0 Å². The molecule has 1 heterocycles. The highest BCUT2D eigenvalue weighted by atomic mass is 79.9. The number of halogens is 2. The number of benzene rings is 1. The van der Waals surface area contributed by atoms with Gasteiger partial charge in [-0.1, -0.05) is 30.3 Å². The van der Waals surface area contributed by atoms with E-state index < -0.39 is 0 Å². The summed E-state index contributed by atoms with van der Waals surface area (Å²) in [5, 5.41) is 0. The van der Waals surface area contributed by atoms with E-state index in [0.29, 0.717) is 0 Å². The molecule has 2 aromatic rings. The smallest absolute Gasteiger partial charge is 0.0861 e. The van der Waals surface area contributed by atoms with Crippen molar-refractivity contribution < 1.29 is 0 Å². The Labute approximate surface area is 100 Å². The molecule has 0 amide bonds. The molecule has 2 rings (SSSR count). The van der Waals surface area contributed by atoms with Gasteiger partial charge in [-0.15, -0.1) is 0 Å². The van der Waals surface area contributed by atoms with Crippen LogP contribution in [0.4, 0.5) is 0 Å². The van der Waals surface area contributed by atoms with Crippen LogP contribution in [0.3, 0.4) is 0 Å². The predicted octanol–water partition coefficient (Wildman–Crippen LogP) is 4.06. The number of hydrogen-bond acceptors (Lipinski definition) is 0. The zero-order valence-electron chi connectivity index (χ0n) is 7.45. The summed E-state index contributed by atoms with van der Waals surface area (Å²) in [5.41, 5.74) is 1.30. The summed E-state index contributed by atoms with van der Waals surface area (Å²) in [6.45, 7) is 0.896. The molecule has 72 valence electrons. The Morgan fingerprint density at radius 3 is 2.36 bits per heavy atom. The lowest BCUT2D eigenvalue weighted by Gasteiger charge is -2.04. The zero-order chi connectivity index (χ0) is 9.97. The van der Waals surface area contributed by atoms with Crippen LogP contribution in [0.15, 0.2) is 51.7 Å². The summed E-state index contributed by atoms with van der Waals surface area (Å²) in [6, 6.07) is 12.4. The number of rotatable bonds is 2. The summed E-state index contributed by atoms with van der Waals surface area (Å²) in [6.07, 6.45) is 2.07. The molecule has 0 unspecified atom stereocenters. The fourth-order valence-corrected chi connectivity index (χ4v) is 2.59. The first-order valence-corrected chi connectivity index (χ1v) is 5.89. The maximum Gasteiger partial charge on any atom is 0.0861 e. The van der Waals surface area contributed by atoms with Crippen LogP contribution in [-0.2, 0) is 6.54 Å². The maximum atomic E-state index is 3.51. The van der Waals surface area contributed by atoms with Gasteiger partial charge in [-0.05, 0) is 43.5 Å². The van der Waals surface area contributed by atoms with Crippen LogP contribution in [0.1, 0.15) is 5.56 Å². The minimum atomic E-state index is 0.896. The van der Waals surface area contributed by atoms with Gasteiger partial charge in [0.05, 0.1) is 4.60 Å². The average Bonchev–Trinajstić information content (AvgIpc) is 2.47. The first kappa shape index (κ1) is 9.99. The molecular formula is C11H9Br2N. The van der Waals surface area contributed by atoms with Crippen molar-refractivity contribution in [2.24, 2.45) is 0 Å². The monoisotopic (exact) mass is 313 g/mol. The van der Waals surface area contributed by atoms with Gasteiger partial charge in [-0.25, -0.2) is 0 Å². The van der Waals surface area contributed by atoms with E-state index in [2.05, 4.69) is 66.9 Å². The third kappa shape index (κ3) is 2.28. The molecule has 0 N–H and O–H groups in total. The van der Waals surface area contributed by atoms with E-state index in [9.17, 15) is 0 Å². The van der Waals surface area contributed by atoms with Gasteiger partial charge in [0.25, 0.3) is 0 Å². The molecule has 14 heavy (non-hydrogen) atoms. The average molecular weight is 315 g/mol. The Kier molecular flexibility index (Phi) is 3.08. The largest absolute Gasteiger partial charge is 0.337 e. The summed E-state index contributed by atoms with van der Waals surface area (Å²) in [5.74, 6) is 0. The van der Waals surface area contributed by atoms with Crippen LogP contribution in [0.25, 0.3) is 0 Å². The third-order valence-corrected chi connectivity index (χ3v) is 3.12. The zero-order valence-corrected chi connectivity index (χ0v) is 10.6. The summed E-state index contributed by atoms with van der Waals surface area (Å²) < 4.78 is 4.34. The molecule has 0 aliphatic heterocycles. The van der Waals surface area contributed by atoms with Gasteiger partial charge in [0.15, 0.2) is 0 Å². The summed E-state index contributed by atoms with van der Waals surface area (Å²) in [4.78, 5) is 0. The minimum Gasteiger partial charge on any atom is -0.337 e. The van der Waals surface area contributed by atoms with Gasteiger partial charge in [-0.3, -0.25) is 0 Å². The van der Waals surface area contributed by atoms with Gasteiger partial charge < -0.3 is 4.57 Å². The molecule has 0 saturated carbocycles. The fraction of sp³-hybridized carbons (Fsp3) is 0.0909. The Morgan fingerprint density at radius 2 is 1.79 bits per heavy atom. The number of hydrogen-bond donors (Lipinski definition) is 0. The van der Waals surface area contributed by atoms with Crippen molar-refractivity contribution in [3.63, 3.8) is 0 Å². The molecule has 0 aliphatic carbocycles. The molecule has 1 aromatic heterocycles. The van der Waals surface area contributed by atoms with Gasteiger partial charge in [0, 0.05) is 17.2 Å². The topological polar surface area (TPSA) is 4.93 Å². The molecule has 0 radical (unpaired) electrons. The SMILES string of the molecule is Brc1cc(Br)n(Cc2ccccc2)c1. The molecule has 0 spiro atoms. The lowest BCUT2D eigenvalue weighted by atomic mass is 10.2. The Morgan fingerprint density at radius 1 is 1.07 bits per heavy atom. The van der Waals surface area contributed by atoms with Crippen LogP contribution >= 0.6 is 31.9 Å². The Bertz CT molecular complexity index is 420.